The number of ether oxygens (including phenoxy) is 1. The summed E-state index contributed by atoms with van der Waals surface area (Å²) in [6.07, 6.45) is 0. The molecule has 0 saturated heterocycles. The average Bonchev–Trinajstić information content (AvgIpc) is 2.62. The topological polar surface area (TPSA) is 131 Å². The van der Waals surface area contributed by atoms with Crippen molar-refractivity contribution in [3.05, 3.63) is 70.6 Å². The highest BCUT2D eigenvalue weighted by molar-refractivity contribution is 7.85. The van der Waals surface area contributed by atoms with E-state index in [0.29, 0.717) is 5.39 Å². The van der Waals surface area contributed by atoms with E-state index in [1.54, 1.807) is 31.2 Å². The maximum absolute atomic E-state index is 11.5. The summed E-state index contributed by atoms with van der Waals surface area (Å²) in [4.78, 5) is 22.9. The standard InChI is InChI=1S/C12H10O5.C6H6O3S/c1-2-16-11(14)9-5-7-3-4-8(13)6-10(7)17-12(9)15;7-10(8,9)6-4-2-1-3-5-6/h3-6,13H,2H2,1H3;1-5H,(H,7,8,9). The lowest BCUT2D eigenvalue weighted by Gasteiger charge is -2.02. The van der Waals surface area contributed by atoms with Gasteiger partial charge in [-0.3, -0.25) is 4.55 Å². The fourth-order valence-corrected chi connectivity index (χ4v) is 2.54. The van der Waals surface area contributed by atoms with Gasteiger partial charge in [0.1, 0.15) is 16.9 Å². The van der Waals surface area contributed by atoms with Crippen molar-refractivity contribution in [2.45, 2.75) is 11.8 Å². The Kier molecular flexibility index (Phi) is 6.32. The fourth-order valence-electron chi connectivity index (χ4n) is 2.04. The number of hydrogen-bond donors (Lipinski definition) is 2. The van der Waals surface area contributed by atoms with Crippen LogP contribution in [0.4, 0.5) is 0 Å². The molecular weight excluding hydrogens is 376 g/mol. The largest absolute Gasteiger partial charge is 0.508 e. The zero-order chi connectivity index (χ0) is 20.0. The zero-order valence-electron chi connectivity index (χ0n) is 14.2. The minimum Gasteiger partial charge on any atom is -0.508 e. The van der Waals surface area contributed by atoms with Gasteiger partial charge in [-0.2, -0.15) is 8.42 Å². The number of phenols is 1. The number of benzene rings is 2. The predicted molar refractivity (Wildman–Crippen MR) is 96.4 cm³/mol. The van der Waals surface area contributed by atoms with Crippen LogP contribution in [-0.4, -0.2) is 30.7 Å². The van der Waals surface area contributed by atoms with Crippen LogP contribution in [0.2, 0.25) is 0 Å². The van der Waals surface area contributed by atoms with E-state index < -0.39 is 21.7 Å². The molecule has 8 nitrogen and oxygen atoms in total. The first-order chi connectivity index (χ1) is 12.7. The normalized spacial score (nSPS) is 10.7. The van der Waals surface area contributed by atoms with Crippen molar-refractivity contribution in [2.24, 2.45) is 0 Å². The fraction of sp³-hybridized carbons (Fsp3) is 0.111. The van der Waals surface area contributed by atoms with Crippen LogP contribution in [0.1, 0.15) is 17.3 Å². The van der Waals surface area contributed by atoms with E-state index in [2.05, 4.69) is 0 Å². The van der Waals surface area contributed by atoms with Crippen molar-refractivity contribution < 1.29 is 32.0 Å². The molecule has 27 heavy (non-hydrogen) atoms. The molecule has 142 valence electrons. The lowest BCUT2D eigenvalue weighted by Crippen LogP contribution is -2.16. The lowest BCUT2D eigenvalue weighted by molar-refractivity contribution is 0.0521. The molecule has 0 aliphatic carbocycles. The molecule has 0 radical (unpaired) electrons. The summed E-state index contributed by atoms with van der Waals surface area (Å²) in [5, 5.41) is 9.78. The molecule has 2 N–H and O–H groups in total. The van der Waals surface area contributed by atoms with Crippen LogP contribution in [0.25, 0.3) is 11.0 Å². The highest BCUT2D eigenvalue weighted by Crippen LogP contribution is 2.19. The van der Waals surface area contributed by atoms with Crippen LogP contribution < -0.4 is 5.63 Å². The van der Waals surface area contributed by atoms with Crippen LogP contribution in [-0.2, 0) is 14.9 Å². The molecule has 2 aromatic carbocycles. The Morgan fingerprint density at radius 2 is 1.78 bits per heavy atom. The summed E-state index contributed by atoms with van der Waals surface area (Å²) in [6.45, 7) is 1.84. The van der Waals surface area contributed by atoms with Gasteiger partial charge in [0.2, 0.25) is 0 Å². The number of esters is 1. The number of fused-ring (bicyclic) bond motifs is 1. The molecule has 0 saturated carbocycles. The van der Waals surface area contributed by atoms with Gasteiger partial charge in [0, 0.05) is 11.5 Å². The second-order valence-corrected chi connectivity index (χ2v) is 6.60. The van der Waals surface area contributed by atoms with E-state index in [9.17, 15) is 23.1 Å². The molecule has 0 aliphatic heterocycles. The molecule has 0 bridgehead atoms. The predicted octanol–water partition coefficient (Wildman–Crippen LogP) is 2.61. The Bertz CT molecular complexity index is 1100. The van der Waals surface area contributed by atoms with Gasteiger partial charge in [-0.05, 0) is 37.3 Å². The van der Waals surface area contributed by atoms with Gasteiger partial charge in [-0.1, -0.05) is 18.2 Å². The van der Waals surface area contributed by atoms with Gasteiger partial charge < -0.3 is 14.3 Å². The zero-order valence-corrected chi connectivity index (χ0v) is 15.0. The van der Waals surface area contributed by atoms with Crippen molar-refractivity contribution in [2.75, 3.05) is 6.61 Å². The third-order valence-corrected chi connectivity index (χ3v) is 4.12. The maximum atomic E-state index is 11.5. The van der Waals surface area contributed by atoms with E-state index >= 15 is 0 Å². The number of hydrogen-bond acceptors (Lipinski definition) is 7. The first kappa shape index (κ1) is 20.1. The molecule has 0 spiro atoms. The molecule has 1 heterocycles. The monoisotopic (exact) mass is 392 g/mol. The summed E-state index contributed by atoms with van der Waals surface area (Å²) in [7, 11) is -4.00. The van der Waals surface area contributed by atoms with Crippen LogP contribution in [0.3, 0.4) is 0 Å². The quantitative estimate of drug-likeness (QED) is 0.395. The number of carbonyl (C=O) groups is 1. The third-order valence-electron chi connectivity index (χ3n) is 3.26. The molecule has 0 atom stereocenters. The van der Waals surface area contributed by atoms with Crippen molar-refractivity contribution in [1.29, 1.82) is 0 Å². The van der Waals surface area contributed by atoms with Crippen molar-refractivity contribution in [3.63, 3.8) is 0 Å². The Labute approximate surface area is 154 Å². The maximum Gasteiger partial charge on any atom is 0.351 e. The van der Waals surface area contributed by atoms with E-state index in [4.69, 9.17) is 13.7 Å². The number of rotatable bonds is 3. The lowest BCUT2D eigenvalue weighted by atomic mass is 10.2. The molecule has 0 amide bonds. The van der Waals surface area contributed by atoms with Crippen molar-refractivity contribution in [3.8, 4) is 5.75 Å². The summed E-state index contributed by atoms with van der Waals surface area (Å²) in [5.74, 6) is -0.722. The molecule has 1 aromatic heterocycles. The minimum absolute atomic E-state index is 0.00969. The highest BCUT2D eigenvalue weighted by atomic mass is 32.2. The van der Waals surface area contributed by atoms with Gasteiger partial charge in [0.25, 0.3) is 10.1 Å². The Morgan fingerprint density at radius 3 is 2.33 bits per heavy atom. The Morgan fingerprint density at radius 1 is 1.11 bits per heavy atom. The molecule has 3 aromatic rings. The number of carbonyl (C=O) groups excluding carboxylic acids is 1. The first-order valence-corrected chi connectivity index (χ1v) is 9.13. The van der Waals surface area contributed by atoms with Crippen molar-refractivity contribution >= 4 is 27.1 Å². The summed E-state index contributed by atoms with van der Waals surface area (Å²) < 4.78 is 38.9. The van der Waals surface area contributed by atoms with Gasteiger partial charge in [0.05, 0.1) is 11.5 Å². The van der Waals surface area contributed by atoms with Gasteiger partial charge in [-0.15, -0.1) is 0 Å². The smallest absolute Gasteiger partial charge is 0.351 e. The second kappa shape index (κ2) is 8.47. The van der Waals surface area contributed by atoms with Gasteiger partial charge in [0.15, 0.2) is 0 Å². The minimum atomic E-state index is -4.00. The first-order valence-electron chi connectivity index (χ1n) is 7.69. The van der Waals surface area contributed by atoms with Crippen molar-refractivity contribution in [1.82, 2.24) is 0 Å². The van der Waals surface area contributed by atoms with E-state index in [1.807, 2.05) is 0 Å². The number of phenolic OH excluding ortho intramolecular Hbond substituents is 1. The molecule has 3 rings (SSSR count). The van der Waals surface area contributed by atoms with Gasteiger partial charge >= 0.3 is 11.6 Å². The Hall–Kier alpha value is -3.17. The molecular formula is C18H16O8S. The van der Waals surface area contributed by atoms with E-state index in [-0.39, 0.29) is 28.4 Å². The Balaban J connectivity index is 0.000000223. The summed E-state index contributed by atoms with van der Waals surface area (Å²) in [6, 6.07) is 13.1. The molecule has 9 heteroatoms. The van der Waals surface area contributed by atoms with Crippen LogP contribution >= 0.6 is 0 Å². The van der Waals surface area contributed by atoms with Crippen LogP contribution in [0, 0.1) is 0 Å². The summed E-state index contributed by atoms with van der Waals surface area (Å²) in [5.41, 5.74) is -0.699. The van der Waals surface area contributed by atoms with E-state index in [1.165, 1.54) is 30.3 Å². The summed E-state index contributed by atoms with van der Waals surface area (Å²) >= 11 is 0. The van der Waals surface area contributed by atoms with Crippen LogP contribution in [0.15, 0.2) is 68.7 Å². The van der Waals surface area contributed by atoms with Crippen LogP contribution in [0.5, 0.6) is 5.75 Å². The second-order valence-electron chi connectivity index (χ2n) is 5.18. The molecule has 0 unspecified atom stereocenters. The third kappa shape index (κ3) is 5.40. The number of aromatic hydroxyl groups is 1. The molecule has 0 fully saturated rings. The highest BCUT2D eigenvalue weighted by Gasteiger charge is 2.14. The van der Waals surface area contributed by atoms with E-state index in [0.717, 1.165) is 0 Å². The average molecular weight is 392 g/mol. The van der Waals surface area contributed by atoms with Gasteiger partial charge in [-0.25, -0.2) is 9.59 Å². The SMILES string of the molecule is CCOC(=O)c1cc2ccc(O)cc2oc1=O.O=S(=O)(O)c1ccccc1. The molecule has 0 aliphatic rings.